The number of nitrogens with one attached hydrogen (secondary N) is 1. The van der Waals surface area contributed by atoms with E-state index in [0.29, 0.717) is 0 Å². The third-order valence-electron chi connectivity index (χ3n) is 3.51. The van der Waals surface area contributed by atoms with Gasteiger partial charge < -0.3 is 4.18 Å². The van der Waals surface area contributed by atoms with Crippen molar-refractivity contribution in [3.63, 3.8) is 0 Å². The van der Waals surface area contributed by atoms with Crippen LogP contribution in [0.5, 0.6) is 5.75 Å². The van der Waals surface area contributed by atoms with Crippen molar-refractivity contribution in [3.8, 4) is 17.0 Å². The Bertz CT molecular complexity index is 961. The molecule has 2 amide bonds. The molecule has 1 aliphatic rings. The molecule has 2 aromatic rings. The summed E-state index contributed by atoms with van der Waals surface area (Å²) >= 11 is 0. The smallest absolute Gasteiger partial charge is 0.358 e. The highest BCUT2D eigenvalue weighted by atomic mass is 32.3. The van der Waals surface area contributed by atoms with Gasteiger partial charge in [0.2, 0.25) is 5.91 Å². The van der Waals surface area contributed by atoms with Crippen LogP contribution in [0, 0.1) is 0 Å². The van der Waals surface area contributed by atoms with Gasteiger partial charge in [0.05, 0.1) is 6.20 Å². The first-order valence-corrected chi connectivity index (χ1v) is 8.33. The SMILES string of the molecule is [B]c1ccc(-c2cn(C3CCC(=O)NC3=O)nn2)c(OS(=O)(=O)F)c1. The summed E-state index contributed by atoms with van der Waals surface area (Å²) in [4.78, 5) is 23.0. The molecular formula is C13H10BFN4O5S. The van der Waals surface area contributed by atoms with Crippen LogP contribution in [0.3, 0.4) is 0 Å². The average Bonchev–Trinajstić information content (AvgIpc) is 2.95. The Morgan fingerprint density at radius 1 is 1.36 bits per heavy atom. The number of carbonyl (C=O) groups excluding carboxylic acids is 2. The fourth-order valence-corrected chi connectivity index (χ4v) is 2.77. The van der Waals surface area contributed by atoms with Crippen LogP contribution in [0.25, 0.3) is 11.3 Å². The number of hydrogen-bond acceptors (Lipinski definition) is 7. The predicted molar refractivity (Wildman–Crippen MR) is 82.9 cm³/mol. The summed E-state index contributed by atoms with van der Waals surface area (Å²) in [7, 11) is 0.289. The lowest BCUT2D eigenvalue weighted by Crippen LogP contribution is -2.41. The lowest BCUT2D eigenvalue weighted by atomic mass is 9.94. The van der Waals surface area contributed by atoms with E-state index in [0.717, 1.165) is 6.07 Å². The molecule has 128 valence electrons. The molecule has 1 N–H and O–H groups in total. The number of hydrogen-bond donors (Lipinski definition) is 1. The fourth-order valence-electron chi connectivity index (χ4n) is 2.41. The number of amides is 2. The number of rotatable bonds is 4. The normalized spacial score (nSPS) is 18.0. The van der Waals surface area contributed by atoms with Gasteiger partial charge in [0.15, 0.2) is 5.75 Å². The van der Waals surface area contributed by atoms with E-state index in [9.17, 15) is 21.9 Å². The minimum Gasteiger partial charge on any atom is -0.358 e. The van der Waals surface area contributed by atoms with E-state index in [2.05, 4.69) is 19.8 Å². The molecule has 0 bridgehead atoms. The number of carbonyl (C=O) groups is 2. The van der Waals surface area contributed by atoms with Crippen molar-refractivity contribution in [2.75, 3.05) is 0 Å². The lowest BCUT2D eigenvalue weighted by Gasteiger charge is -2.20. The van der Waals surface area contributed by atoms with Gasteiger partial charge in [0, 0.05) is 12.0 Å². The van der Waals surface area contributed by atoms with Gasteiger partial charge in [-0.25, -0.2) is 4.68 Å². The summed E-state index contributed by atoms with van der Waals surface area (Å²) in [5, 5.41) is 9.85. The molecule has 2 radical (unpaired) electrons. The van der Waals surface area contributed by atoms with E-state index in [1.807, 2.05) is 0 Å². The number of halogens is 1. The van der Waals surface area contributed by atoms with Gasteiger partial charge in [-0.2, -0.15) is 8.42 Å². The molecule has 1 atom stereocenters. The Morgan fingerprint density at radius 3 is 2.80 bits per heavy atom. The monoisotopic (exact) mass is 364 g/mol. The molecule has 0 aliphatic carbocycles. The summed E-state index contributed by atoms with van der Waals surface area (Å²) in [6, 6.07) is 3.21. The quantitative estimate of drug-likeness (QED) is 0.433. The fraction of sp³-hybridized carbons (Fsp3) is 0.231. The van der Waals surface area contributed by atoms with Crippen LogP contribution in [0.15, 0.2) is 24.4 Å². The number of nitrogens with zero attached hydrogens (tertiary/aromatic N) is 3. The second-order valence-electron chi connectivity index (χ2n) is 5.28. The van der Waals surface area contributed by atoms with Crippen LogP contribution >= 0.6 is 0 Å². The summed E-state index contributed by atoms with van der Waals surface area (Å²) in [5.74, 6) is -1.25. The van der Waals surface area contributed by atoms with E-state index < -0.39 is 22.5 Å². The minimum absolute atomic E-state index is 0.119. The minimum atomic E-state index is -5.27. The molecule has 1 unspecified atom stereocenters. The third-order valence-corrected chi connectivity index (χ3v) is 3.89. The number of benzene rings is 1. The summed E-state index contributed by atoms with van der Waals surface area (Å²) < 4.78 is 39.9. The summed E-state index contributed by atoms with van der Waals surface area (Å²) in [5.41, 5.74) is 0.414. The number of piperidine rings is 1. The van der Waals surface area contributed by atoms with Crippen molar-refractivity contribution in [2.45, 2.75) is 18.9 Å². The van der Waals surface area contributed by atoms with E-state index in [1.54, 1.807) is 0 Å². The topological polar surface area (TPSA) is 120 Å². The van der Waals surface area contributed by atoms with Gasteiger partial charge in [-0.15, -0.1) is 5.10 Å². The molecule has 2 heterocycles. The number of imide groups is 1. The van der Waals surface area contributed by atoms with Gasteiger partial charge in [0.1, 0.15) is 19.6 Å². The van der Waals surface area contributed by atoms with Crippen LogP contribution in [0.2, 0.25) is 0 Å². The lowest BCUT2D eigenvalue weighted by molar-refractivity contribution is -0.136. The maximum absolute atomic E-state index is 12.9. The second-order valence-corrected chi connectivity index (χ2v) is 6.24. The Balaban J connectivity index is 1.95. The molecule has 0 spiro atoms. The van der Waals surface area contributed by atoms with Crippen molar-refractivity contribution in [1.29, 1.82) is 0 Å². The standard InChI is InChI=1S/C13H10BFN4O5S/c14-7-1-2-8(11(5-7)24-25(15,22)23)9-6-19(18-17-9)10-3-4-12(20)16-13(10)21/h1-2,5-6,10H,3-4H2,(H,16,20,21). The Kier molecular flexibility index (Phi) is 4.29. The average molecular weight is 364 g/mol. The molecule has 3 rings (SSSR count). The maximum Gasteiger partial charge on any atom is 0.488 e. The molecule has 1 fully saturated rings. The molecule has 1 aromatic heterocycles. The highest BCUT2D eigenvalue weighted by molar-refractivity contribution is 7.81. The van der Waals surface area contributed by atoms with Crippen LogP contribution in [-0.2, 0) is 20.1 Å². The molecule has 0 saturated carbocycles. The Hall–Kier alpha value is -2.76. The first-order chi connectivity index (χ1) is 11.7. The first kappa shape index (κ1) is 17.1. The van der Waals surface area contributed by atoms with Crippen LogP contribution in [0.1, 0.15) is 18.9 Å². The van der Waals surface area contributed by atoms with Gasteiger partial charge in [-0.3, -0.25) is 14.9 Å². The molecule has 1 saturated heterocycles. The van der Waals surface area contributed by atoms with E-state index in [-0.39, 0.29) is 41.2 Å². The zero-order valence-electron chi connectivity index (χ0n) is 12.5. The van der Waals surface area contributed by atoms with E-state index in [1.165, 1.54) is 23.0 Å². The molecular weight excluding hydrogens is 354 g/mol. The maximum atomic E-state index is 12.9. The van der Waals surface area contributed by atoms with E-state index in [4.69, 9.17) is 7.85 Å². The Morgan fingerprint density at radius 2 is 2.12 bits per heavy atom. The molecule has 12 heteroatoms. The van der Waals surface area contributed by atoms with Gasteiger partial charge >= 0.3 is 10.5 Å². The summed E-state index contributed by atoms with van der Waals surface area (Å²) in [6.45, 7) is 0. The van der Waals surface area contributed by atoms with Crippen molar-refractivity contribution < 1.29 is 26.1 Å². The molecule has 1 aliphatic heterocycles. The largest absolute Gasteiger partial charge is 0.488 e. The zero-order chi connectivity index (χ0) is 18.2. The second kappa shape index (κ2) is 6.28. The van der Waals surface area contributed by atoms with Gasteiger partial charge in [-0.05, 0) is 18.6 Å². The summed E-state index contributed by atoms with van der Waals surface area (Å²) in [6.07, 6.45) is 1.77. The highest BCUT2D eigenvalue weighted by Gasteiger charge is 2.29. The molecule has 1 aromatic carbocycles. The first-order valence-electron chi connectivity index (χ1n) is 7.02. The van der Waals surface area contributed by atoms with Crippen molar-refractivity contribution in [1.82, 2.24) is 20.3 Å². The van der Waals surface area contributed by atoms with Crippen LogP contribution < -0.4 is 15.0 Å². The molecule has 9 nitrogen and oxygen atoms in total. The predicted octanol–water partition coefficient (Wildman–Crippen LogP) is -0.690. The molecule has 25 heavy (non-hydrogen) atoms. The van der Waals surface area contributed by atoms with Crippen molar-refractivity contribution in [2.24, 2.45) is 0 Å². The zero-order valence-corrected chi connectivity index (χ0v) is 13.4. The Labute approximate surface area is 143 Å². The van der Waals surface area contributed by atoms with Crippen molar-refractivity contribution in [3.05, 3.63) is 24.4 Å². The van der Waals surface area contributed by atoms with E-state index >= 15 is 0 Å². The number of aromatic nitrogens is 3. The van der Waals surface area contributed by atoms with Gasteiger partial charge in [-0.1, -0.05) is 20.6 Å². The highest BCUT2D eigenvalue weighted by Crippen LogP contribution is 2.29. The van der Waals surface area contributed by atoms with Crippen LogP contribution in [-0.4, -0.2) is 43.1 Å². The van der Waals surface area contributed by atoms with Gasteiger partial charge in [0.25, 0.3) is 5.91 Å². The van der Waals surface area contributed by atoms with Crippen LogP contribution in [0.4, 0.5) is 3.89 Å². The van der Waals surface area contributed by atoms with Crippen molar-refractivity contribution >= 4 is 35.6 Å². The third kappa shape index (κ3) is 3.84.